The van der Waals surface area contributed by atoms with Gasteiger partial charge in [-0.25, -0.2) is 0 Å². The number of carboxylic acid groups (broad SMARTS) is 2. The smallest absolute Gasteiger partial charge is 0.547 e. The van der Waals surface area contributed by atoms with Crippen molar-refractivity contribution in [3.8, 4) is 0 Å². The van der Waals surface area contributed by atoms with Crippen molar-refractivity contribution in [2.75, 3.05) is 0 Å². The zero-order valence-corrected chi connectivity index (χ0v) is 12.4. The van der Waals surface area contributed by atoms with E-state index < -0.39 is 24.1 Å². The Hall–Kier alpha value is -0.532. The Bertz CT molecular complexity index is 263. The van der Waals surface area contributed by atoms with Crippen LogP contribution in [0.3, 0.4) is 0 Å². The molecular formula is C10H18N2O6Pt. The van der Waals surface area contributed by atoms with E-state index in [0.29, 0.717) is 0 Å². The van der Waals surface area contributed by atoms with Crippen LogP contribution in [-0.4, -0.2) is 46.4 Å². The van der Waals surface area contributed by atoms with Gasteiger partial charge in [0.15, 0.2) is 0 Å². The number of hydrogen-bond acceptors (Lipinski definition) is 8. The van der Waals surface area contributed by atoms with Crippen LogP contribution >= 0.6 is 0 Å². The number of nitrogens with two attached hydrogens (primary N) is 2. The molecule has 19 heavy (non-hydrogen) atoms. The maximum Gasteiger partial charge on any atom is 2.00 e. The summed E-state index contributed by atoms with van der Waals surface area (Å²) < 4.78 is 0. The minimum absolute atomic E-state index is 0. The molecule has 1 saturated carbocycles. The second kappa shape index (κ2) is 10.3. The number of aliphatic hydroxyl groups excluding tert-OH is 2. The van der Waals surface area contributed by atoms with Gasteiger partial charge in [-0.3, -0.25) is 0 Å². The number of carbonyl (C=O) groups excluding carboxylic acids is 2. The summed E-state index contributed by atoms with van der Waals surface area (Å²) in [5.74, 6) is -4.12. The maximum absolute atomic E-state index is 9.63. The van der Waals surface area contributed by atoms with Gasteiger partial charge in [-0.05, 0) is 12.8 Å². The molecule has 0 amide bonds. The molecule has 114 valence electrons. The zero-order valence-electron chi connectivity index (χ0n) is 10.1. The number of carbonyl (C=O) groups is 2. The van der Waals surface area contributed by atoms with Crippen LogP contribution in [0.25, 0.3) is 0 Å². The van der Waals surface area contributed by atoms with Gasteiger partial charge in [0, 0.05) is 12.1 Å². The van der Waals surface area contributed by atoms with Crippen LogP contribution < -0.4 is 21.7 Å². The van der Waals surface area contributed by atoms with Crippen LogP contribution in [0.1, 0.15) is 25.7 Å². The fraction of sp³-hybridized carbons (Fsp3) is 0.800. The second-order valence-electron chi connectivity index (χ2n) is 4.14. The number of aliphatic carboxylic acids is 2. The topological polar surface area (TPSA) is 173 Å². The standard InChI is InChI=1S/C6H14N2.C4H6O6.Pt/c7-5-3-1-2-4-6(5)8;5-1(3(7)8)2(6)4(9)10;/h5-6H,1-4,7-8H2;1-2,5-6H,(H,7,8)(H,9,10);/q;;+2/p-2/t5-,6-;1-,2-;/m11./s1. The molecule has 0 spiro atoms. The third-order valence-electron chi connectivity index (χ3n) is 2.66. The van der Waals surface area contributed by atoms with E-state index in [1.807, 2.05) is 0 Å². The van der Waals surface area contributed by atoms with Crippen molar-refractivity contribution in [1.82, 2.24) is 0 Å². The molecule has 8 nitrogen and oxygen atoms in total. The molecule has 4 atom stereocenters. The molecule has 1 aliphatic rings. The summed E-state index contributed by atoms with van der Waals surface area (Å²) in [5, 5.41) is 35.7. The largest absolute Gasteiger partial charge is 2.00 e. The van der Waals surface area contributed by atoms with E-state index in [-0.39, 0.29) is 33.1 Å². The van der Waals surface area contributed by atoms with Crippen molar-refractivity contribution in [2.24, 2.45) is 11.5 Å². The first-order chi connectivity index (χ1) is 8.27. The summed E-state index contributed by atoms with van der Waals surface area (Å²) in [6.07, 6.45) is -0.0819. The minimum Gasteiger partial charge on any atom is -0.547 e. The predicted octanol–water partition coefficient (Wildman–Crippen LogP) is -4.58. The first-order valence-electron chi connectivity index (χ1n) is 5.56. The molecule has 9 heteroatoms. The molecule has 0 aliphatic heterocycles. The van der Waals surface area contributed by atoms with Crippen LogP contribution in [0.2, 0.25) is 0 Å². The monoisotopic (exact) mass is 457 g/mol. The Morgan fingerprint density at radius 1 is 0.947 bits per heavy atom. The number of rotatable bonds is 3. The Morgan fingerprint density at radius 2 is 1.21 bits per heavy atom. The number of hydrogen-bond donors (Lipinski definition) is 4. The summed E-state index contributed by atoms with van der Waals surface area (Å²) >= 11 is 0. The van der Waals surface area contributed by atoms with Gasteiger partial charge >= 0.3 is 21.1 Å². The van der Waals surface area contributed by atoms with Gasteiger partial charge in [-0.2, -0.15) is 0 Å². The van der Waals surface area contributed by atoms with E-state index in [1.54, 1.807) is 0 Å². The number of carboxylic acids is 2. The van der Waals surface area contributed by atoms with Crippen LogP contribution in [0, 0.1) is 0 Å². The fourth-order valence-electron chi connectivity index (χ4n) is 1.45. The zero-order chi connectivity index (χ0) is 14.3. The molecule has 6 N–H and O–H groups in total. The van der Waals surface area contributed by atoms with Gasteiger partial charge in [-0.15, -0.1) is 0 Å². The number of aliphatic hydroxyl groups is 2. The molecule has 0 unspecified atom stereocenters. The minimum atomic E-state index is -2.44. The molecule has 0 aromatic rings. The molecule has 1 fully saturated rings. The molecule has 0 aromatic carbocycles. The van der Waals surface area contributed by atoms with Gasteiger partial charge < -0.3 is 41.5 Å². The first-order valence-corrected chi connectivity index (χ1v) is 5.56. The van der Waals surface area contributed by atoms with Crippen molar-refractivity contribution in [1.29, 1.82) is 0 Å². The average molecular weight is 457 g/mol. The molecule has 0 radical (unpaired) electrons. The normalized spacial score (nSPS) is 25.1. The fourth-order valence-corrected chi connectivity index (χ4v) is 1.45. The van der Waals surface area contributed by atoms with E-state index in [2.05, 4.69) is 0 Å². The molecule has 1 rings (SSSR count). The molecule has 1 aliphatic carbocycles. The molecule has 0 saturated heterocycles. The van der Waals surface area contributed by atoms with Crippen LogP contribution in [0.5, 0.6) is 0 Å². The van der Waals surface area contributed by atoms with Gasteiger partial charge in [0.05, 0.1) is 11.9 Å². The van der Waals surface area contributed by atoms with Gasteiger partial charge in [0.1, 0.15) is 12.2 Å². The Labute approximate surface area is 125 Å². The third-order valence-corrected chi connectivity index (χ3v) is 2.66. The Morgan fingerprint density at radius 3 is 1.37 bits per heavy atom. The second-order valence-corrected chi connectivity index (χ2v) is 4.14. The summed E-state index contributed by atoms with van der Waals surface area (Å²) in [6, 6.07) is 0.562. The molecular weight excluding hydrogens is 439 g/mol. The summed E-state index contributed by atoms with van der Waals surface area (Å²) in [4.78, 5) is 19.3. The van der Waals surface area contributed by atoms with E-state index in [9.17, 15) is 19.8 Å². The van der Waals surface area contributed by atoms with Crippen molar-refractivity contribution < 1.29 is 51.1 Å². The van der Waals surface area contributed by atoms with E-state index >= 15 is 0 Å². The van der Waals surface area contributed by atoms with Crippen molar-refractivity contribution >= 4 is 11.9 Å². The summed E-state index contributed by atoms with van der Waals surface area (Å²) in [7, 11) is 0. The van der Waals surface area contributed by atoms with Gasteiger partial charge in [0.2, 0.25) is 0 Å². The van der Waals surface area contributed by atoms with E-state index in [4.69, 9.17) is 21.7 Å². The SMILES string of the molecule is N[C@@H]1CCCC[C@H]1N.O=C([O-])[C@H](O)[C@@H](O)C(=O)[O-].[Pt+2]. The predicted molar refractivity (Wildman–Crippen MR) is 56.4 cm³/mol. The van der Waals surface area contributed by atoms with Gasteiger partial charge in [-0.1, -0.05) is 12.8 Å². The molecule has 0 bridgehead atoms. The molecule has 0 aromatic heterocycles. The van der Waals surface area contributed by atoms with Crippen LogP contribution in [0.15, 0.2) is 0 Å². The average Bonchev–Trinajstić information content (AvgIpc) is 2.31. The van der Waals surface area contributed by atoms with Crippen molar-refractivity contribution in [3.63, 3.8) is 0 Å². The quantitative estimate of drug-likeness (QED) is 0.328. The van der Waals surface area contributed by atoms with Crippen molar-refractivity contribution in [3.05, 3.63) is 0 Å². The van der Waals surface area contributed by atoms with Crippen molar-refractivity contribution in [2.45, 2.75) is 50.0 Å². The summed E-state index contributed by atoms with van der Waals surface area (Å²) in [5.41, 5.74) is 11.3. The summed E-state index contributed by atoms with van der Waals surface area (Å²) in [6.45, 7) is 0. The Balaban J connectivity index is 0. The Kier molecular flexibility index (Phi) is 11.2. The van der Waals surface area contributed by atoms with E-state index in [0.717, 1.165) is 12.8 Å². The third kappa shape index (κ3) is 8.28. The molecule has 0 heterocycles. The first kappa shape index (κ1) is 20.8. The maximum atomic E-state index is 9.63. The van der Waals surface area contributed by atoms with Crippen LogP contribution in [-0.2, 0) is 30.7 Å². The van der Waals surface area contributed by atoms with E-state index in [1.165, 1.54) is 12.8 Å². The van der Waals surface area contributed by atoms with Crippen LogP contribution in [0.4, 0.5) is 0 Å². The van der Waals surface area contributed by atoms with Gasteiger partial charge in [0.25, 0.3) is 0 Å².